The molecular formula is C16H21N3O2. The smallest absolute Gasteiger partial charge is 0.250 e. The summed E-state index contributed by atoms with van der Waals surface area (Å²) in [5.41, 5.74) is 7.40. The van der Waals surface area contributed by atoms with Crippen LogP contribution in [0.2, 0.25) is 0 Å². The Morgan fingerprint density at radius 1 is 1.24 bits per heavy atom. The van der Waals surface area contributed by atoms with Gasteiger partial charge in [-0.15, -0.1) is 0 Å². The molecule has 112 valence electrons. The second-order valence-corrected chi connectivity index (χ2v) is 5.04. The number of rotatable bonds is 6. The molecule has 2 rings (SSSR count). The summed E-state index contributed by atoms with van der Waals surface area (Å²) in [4.78, 5) is 13.9. The first-order valence-electron chi connectivity index (χ1n) is 6.86. The quantitative estimate of drug-likeness (QED) is 0.876. The Morgan fingerprint density at radius 2 is 2.00 bits per heavy atom. The number of anilines is 1. The van der Waals surface area contributed by atoms with E-state index in [0.29, 0.717) is 12.2 Å². The molecule has 0 saturated heterocycles. The van der Waals surface area contributed by atoms with Crippen LogP contribution in [-0.4, -0.2) is 30.2 Å². The average Bonchev–Trinajstić information content (AvgIpc) is 2.49. The van der Waals surface area contributed by atoms with Crippen LogP contribution in [0.15, 0.2) is 47.4 Å². The molecule has 1 aromatic heterocycles. The van der Waals surface area contributed by atoms with Crippen LogP contribution in [0.3, 0.4) is 0 Å². The van der Waals surface area contributed by atoms with Crippen molar-refractivity contribution < 1.29 is 4.74 Å². The number of pyridine rings is 1. The van der Waals surface area contributed by atoms with Crippen molar-refractivity contribution in [3.8, 4) is 5.75 Å². The summed E-state index contributed by atoms with van der Waals surface area (Å²) >= 11 is 0. The summed E-state index contributed by atoms with van der Waals surface area (Å²) < 4.78 is 6.98. The first kappa shape index (κ1) is 15.1. The first-order chi connectivity index (χ1) is 10.1. The third-order valence-electron chi connectivity index (χ3n) is 3.36. The molecule has 2 N–H and O–H groups in total. The van der Waals surface area contributed by atoms with E-state index in [9.17, 15) is 4.79 Å². The van der Waals surface area contributed by atoms with Crippen LogP contribution in [-0.2, 0) is 13.1 Å². The van der Waals surface area contributed by atoms with Crippen molar-refractivity contribution in [2.24, 2.45) is 0 Å². The van der Waals surface area contributed by atoms with E-state index in [4.69, 9.17) is 10.5 Å². The molecule has 0 bridgehead atoms. The highest BCUT2D eigenvalue weighted by atomic mass is 16.5. The fraction of sp³-hybridized carbons (Fsp3) is 0.312. The maximum absolute atomic E-state index is 11.7. The molecular weight excluding hydrogens is 266 g/mol. The Hall–Kier alpha value is -2.27. The van der Waals surface area contributed by atoms with Gasteiger partial charge in [0.1, 0.15) is 5.75 Å². The minimum Gasteiger partial charge on any atom is -0.496 e. The molecule has 0 spiro atoms. The standard InChI is InChI=1S/C16H21N3O2/c1-18(11-13-5-3-4-6-15(13)21-2)9-10-19-12-14(17)7-8-16(19)20/h3-8,12H,9-11,17H2,1-2H3. The van der Waals surface area contributed by atoms with Crippen molar-refractivity contribution in [1.29, 1.82) is 0 Å². The van der Waals surface area contributed by atoms with Gasteiger partial charge >= 0.3 is 0 Å². The Labute approximate surface area is 124 Å². The Balaban J connectivity index is 1.97. The average molecular weight is 287 g/mol. The van der Waals surface area contributed by atoms with E-state index in [1.807, 2.05) is 31.3 Å². The highest BCUT2D eigenvalue weighted by Gasteiger charge is 2.06. The number of nitrogens with zero attached hydrogens (tertiary/aromatic N) is 2. The molecule has 0 aliphatic rings. The van der Waals surface area contributed by atoms with Crippen LogP contribution >= 0.6 is 0 Å². The van der Waals surface area contributed by atoms with E-state index in [2.05, 4.69) is 4.90 Å². The number of likely N-dealkylation sites (N-methyl/N-ethyl adjacent to an activating group) is 1. The van der Waals surface area contributed by atoms with Crippen molar-refractivity contribution in [3.05, 3.63) is 58.5 Å². The second-order valence-electron chi connectivity index (χ2n) is 5.04. The van der Waals surface area contributed by atoms with Crippen molar-refractivity contribution in [3.63, 3.8) is 0 Å². The number of aromatic nitrogens is 1. The summed E-state index contributed by atoms with van der Waals surface area (Å²) in [6.07, 6.45) is 1.68. The van der Waals surface area contributed by atoms with Gasteiger partial charge in [0, 0.05) is 43.1 Å². The monoisotopic (exact) mass is 287 g/mol. The predicted molar refractivity (Wildman–Crippen MR) is 84.4 cm³/mol. The van der Waals surface area contributed by atoms with Crippen LogP contribution in [0.4, 0.5) is 5.69 Å². The van der Waals surface area contributed by atoms with Gasteiger partial charge in [0.25, 0.3) is 5.56 Å². The van der Waals surface area contributed by atoms with Crippen LogP contribution in [0.25, 0.3) is 0 Å². The molecule has 0 atom stereocenters. The van der Waals surface area contributed by atoms with Crippen molar-refractivity contribution >= 4 is 5.69 Å². The van der Waals surface area contributed by atoms with E-state index in [1.54, 1.807) is 23.9 Å². The maximum Gasteiger partial charge on any atom is 0.250 e. The normalized spacial score (nSPS) is 10.8. The SMILES string of the molecule is COc1ccccc1CN(C)CCn1cc(N)ccc1=O. The van der Waals surface area contributed by atoms with E-state index >= 15 is 0 Å². The molecule has 0 aliphatic heterocycles. The molecule has 0 radical (unpaired) electrons. The molecule has 21 heavy (non-hydrogen) atoms. The zero-order valence-electron chi connectivity index (χ0n) is 12.5. The molecule has 1 heterocycles. The van der Waals surface area contributed by atoms with Gasteiger partial charge in [-0.25, -0.2) is 0 Å². The number of hydrogen-bond acceptors (Lipinski definition) is 4. The van der Waals surface area contributed by atoms with Crippen LogP contribution < -0.4 is 16.0 Å². The second kappa shape index (κ2) is 6.95. The Kier molecular flexibility index (Phi) is 5.00. The van der Waals surface area contributed by atoms with Gasteiger partial charge < -0.3 is 19.9 Å². The minimum absolute atomic E-state index is 0.0325. The topological polar surface area (TPSA) is 60.5 Å². The lowest BCUT2D eigenvalue weighted by atomic mass is 10.2. The van der Waals surface area contributed by atoms with Gasteiger partial charge in [0.15, 0.2) is 0 Å². The number of hydrogen-bond donors (Lipinski definition) is 1. The molecule has 0 unspecified atom stereocenters. The number of methoxy groups -OCH3 is 1. The van der Waals surface area contributed by atoms with Crippen LogP contribution in [0.1, 0.15) is 5.56 Å². The van der Waals surface area contributed by atoms with Crippen molar-refractivity contribution in [2.75, 3.05) is 26.4 Å². The van der Waals surface area contributed by atoms with Gasteiger partial charge in [0.05, 0.1) is 7.11 Å². The third kappa shape index (κ3) is 4.10. The van der Waals surface area contributed by atoms with Gasteiger partial charge in [-0.2, -0.15) is 0 Å². The molecule has 0 amide bonds. The number of nitrogens with two attached hydrogens (primary N) is 1. The van der Waals surface area contributed by atoms with E-state index in [1.165, 1.54) is 6.07 Å². The first-order valence-corrected chi connectivity index (χ1v) is 6.86. The molecule has 2 aromatic rings. The Bertz CT molecular complexity index is 652. The summed E-state index contributed by atoms with van der Waals surface area (Å²) in [5.74, 6) is 0.880. The van der Waals surface area contributed by atoms with Crippen LogP contribution in [0.5, 0.6) is 5.75 Å². The Morgan fingerprint density at radius 3 is 2.76 bits per heavy atom. The molecule has 0 saturated carbocycles. The molecule has 5 nitrogen and oxygen atoms in total. The molecule has 5 heteroatoms. The predicted octanol–water partition coefficient (Wildman–Crippen LogP) is 1.57. The van der Waals surface area contributed by atoms with E-state index in [-0.39, 0.29) is 5.56 Å². The minimum atomic E-state index is -0.0325. The summed E-state index contributed by atoms with van der Waals surface area (Å²) in [6.45, 7) is 2.12. The summed E-state index contributed by atoms with van der Waals surface area (Å²) in [6, 6.07) is 11.1. The van der Waals surface area contributed by atoms with E-state index < -0.39 is 0 Å². The lowest BCUT2D eigenvalue weighted by Gasteiger charge is -2.19. The van der Waals surface area contributed by atoms with E-state index in [0.717, 1.165) is 24.4 Å². The summed E-state index contributed by atoms with van der Waals surface area (Å²) in [5, 5.41) is 0. The van der Waals surface area contributed by atoms with Gasteiger partial charge in [-0.3, -0.25) is 4.79 Å². The van der Waals surface area contributed by atoms with Gasteiger partial charge in [-0.05, 0) is 19.2 Å². The van der Waals surface area contributed by atoms with Gasteiger partial charge in [0.2, 0.25) is 0 Å². The number of para-hydroxylation sites is 1. The van der Waals surface area contributed by atoms with Gasteiger partial charge in [-0.1, -0.05) is 18.2 Å². The highest BCUT2D eigenvalue weighted by Crippen LogP contribution is 2.18. The highest BCUT2D eigenvalue weighted by molar-refractivity contribution is 5.34. The third-order valence-corrected chi connectivity index (χ3v) is 3.36. The number of benzene rings is 1. The van der Waals surface area contributed by atoms with Crippen molar-refractivity contribution in [1.82, 2.24) is 9.47 Å². The fourth-order valence-corrected chi connectivity index (χ4v) is 2.21. The zero-order valence-corrected chi connectivity index (χ0v) is 12.5. The van der Waals surface area contributed by atoms with Crippen molar-refractivity contribution in [2.45, 2.75) is 13.1 Å². The fourth-order valence-electron chi connectivity index (χ4n) is 2.21. The molecule has 1 aromatic carbocycles. The van der Waals surface area contributed by atoms with Crippen LogP contribution in [0, 0.1) is 0 Å². The number of nitrogen functional groups attached to an aromatic ring is 1. The largest absolute Gasteiger partial charge is 0.496 e. The maximum atomic E-state index is 11.7. The molecule has 0 aliphatic carbocycles. The zero-order chi connectivity index (χ0) is 15.2. The summed E-state index contributed by atoms with van der Waals surface area (Å²) in [7, 11) is 3.69. The molecule has 0 fully saturated rings. The lowest BCUT2D eigenvalue weighted by molar-refractivity contribution is 0.302. The lowest BCUT2D eigenvalue weighted by Crippen LogP contribution is -2.28. The number of ether oxygens (including phenoxy) is 1.